The van der Waals surface area contributed by atoms with Crippen molar-refractivity contribution >= 4 is 29.2 Å². The van der Waals surface area contributed by atoms with E-state index in [1.807, 2.05) is 17.0 Å². The van der Waals surface area contributed by atoms with Crippen LogP contribution in [0.4, 0.5) is 4.79 Å². The Bertz CT molecular complexity index is 1080. The average Bonchev–Trinajstić information content (AvgIpc) is 3.48. The van der Waals surface area contributed by atoms with E-state index in [0.29, 0.717) is 6.54 Å². The molecule has 2 atom stereocenters. The number of benzene rings is 1. The van der Waals surface area contributed by atoms with Gasteiger partial charge in [0.2, 0.25) is 5.91 Å². The van der Waals surface area contributed by atoms with Gasteiger partial charge in [-0.2, -0.15) is 0 Å². The molecule has 1 saturated heterocycles. The lowest BCUT2D eigenvalue weighted by Crippen LogP contribution is -2.47. The Morgan fingerprint density at radius 1 is 1.19 bits per heavy atom. The number of imide groups is 1. The zero-order chi connectivity index (χ0) is 21.8. The van der Waals surface area contributed by atoms with Crippen molar-refractivity contribution in [3.8, 4) is 0 Å². The highest BCUT2D eigenvalue weighted by Crippen LogP contribution is 2.36. The van der Waals surface area contributed by atoms with Crippen LogP contribution >= 0.6 is 11.3 Å². The van der Waals surface area contributed by atoms with Gasteiger partial charge in [-0.05, 0) is 72.7 Å². The fraction of sp³-hybridized carbons (Fsp3) is 0.458. The maximum absolute atomic E-state index is 13.3. The molecule has 1 aromatic heterocycles. The molecule has 4 amide bonds. The van der Waals surface area contributed by atoms with Crippen LogP contribution in [0.2, 0.25) is 0 Å². The number of nitrogens with one attached hydrogen (secondary N) is 1. The third kappa shape index (κ3) is 3.17. The molecule has 1 N–H and O–H groups in total. The summed E-state index contributed by atoms with van der Waals surface area (Å²) in [4.78, 5) is 43.6. The monoisotopic (exact) mass is 437 g/mol. The number of fused-ring (bicyclic) bond motifs is 2. The Kier molecular flexibility index (Phi) is 4.88. The van der Waals surface area contributed by atoms with Crippen LogP contribution in [0.15, 0.2) is 29.6 Å². The summed E-state index contributed by atoms with van der Waals surface area (Å²) in [6.07, 6.45) is 4.82. The fourth-order valence-corrected chi connectivity index (χ4v) is 6.21. The average molecular weight is 438 g/mol. The number of hydrogen-bond donors (Lipinski definition) is 1. The number of hydrogen-bond acceptors (Lipinski definition) is 4. The molecule has 162 valence electrons. The molecule has 2 unspecified atom stereocenters. The van der Waals surface area contributed by atoms with Crippen molar-refractivity contribution in [3.05, 3.63) is 56.8 Å². The predicted octanol–water partition coefficient (Wildman–Crippen LogP) is 3.54. The molecule has 6 nitrogen and oxygen atoms in total. The first-order valence-electron chi connectivity index (χ1n) is 11.0. The molecular formula is C24H27N3O3S. The fourth-order valence-electron chi connectivity index (χ4n) is 5.28. The summed E-state index contributed by atoms with van der Waals surface area (Å²) in [5, 5.41) is 4.92. The molecule has 0 saturated carbocycles. The van der Waals surface area contributed by atoms with E-state index >= 15 is 0 Å². The lowest BCUT2D eigenvalue weighted by molar-refractivity contribution is -0.140. The van der Waals surface area contributed by atoms with E-state index in [2.05, 4.69) is 29.8 Å². The summed E-state index contributed by atoms with van der Waals surface area (Å²) in [5.74, 6) is -0.532. The number of rotatable bonds is 4. The second kappa shape index (κ2) is 7.48. The van der Waals surface area contributed by atoms with Gasteiger partial charge in [0.15, 0.2) is 0 Å². The maximum atomic E-state index is 13.3. The molecule has 0 bridgehead atoms. The van der Waals surface area contributed by atoms with Gasteiger partial charge in [-0.1, -0.05) is 25.1 Å². The van der Waals surface area contributed by atoms with Gasteiger partial charge in [-0.3, -0.25) is 14.5 Å². The number of thiophene rings is 1. The second-order valence-electron chi connectivity index (χ2n) is 8.84. The third-order valence-corrected chi connectivity index (χ3v) is 8.04. The number of urea groups is 1. The van der Waals surface area contributed by atoms with Gasteiger partial charge >= 0.3 is 6.03 Å². The quantitative estimate of drug-likeness (QED) is 0.744. The predicted molar refractivity (Wildman–Crippen MR) is 119 cm³/mol. The zero-order valence-electron chi connectivity index (χ0n) is 17.9. The lowest BCUT2D eigenvalue weighted by Gasteiger charge is -2.36. The third-order valence-electron chi connectivity index (χ3n) is 7.05. The molecule has 3 heterocycles. The molecule has 5 rings (SSSR count). The smallest absolute Gasteiger partial charge is 0.325 e. The second-order valence-corrected chi connectivity index (χ2v) is 9.84. The molecule has 3 aliphatic rings. The van der Waals surface area contributed by atoms with Crippen LogP contribution in [0.3, 0.4) is 0 Å². The first-order chi connectivity index (χ1) is 14.9. The maximum Gasteiger partial charge on any atom is 0.325 e. The highest BCUT2D eigenvalue weighted by Gasteiger charge is 2.50. The number of aryl methyl sites for hydroxylation is 2. The van der Waals surface area contributed by atoms with Gasteiger partial charge in [0.25, 0.3) is 5.91 Å². The van der Waals surface area contributed by atoms with Crippen LogP contribution < -0.4 is 5.32 Å². The largest absolute Gasteiger partial charge is 0.334 e. The van der Waals surface area contributed by atoms with Crippen LogP contribution in [0.5, 0.6) is 0 Å². The molecule has 1 fully saturated rings. The zero-order valence-corrected chi connectivity index (χ0v) is 18.8. The molecule has 0 spiro atoms. The highest BCUT2D eigenvalue weighted by atomic mass is 32.1. The van der Waals surface area contributed by atoms with Gasteiger partial charge in [-0.15, -0.1) is 11.3 Å². The van der Waals surface area contributed by atoms with E-state index in [1.165, 1.54) is 21.6 Å². The minimum atomic E-state index is -1.14. The number of carbonyl (C=O) groups excluding carboxylic acids is 3. The van der Waals surface area contributed by atoms with Crippen LogP contribution in [0, 0.1) is 0 Å². The minimum absolute atomic E-state index is 0.00589. The molecule has 31 heavy (non-hydrogen) atoms. The van der Waals surface area contributed by atoms with Crippen molar-refractivity contribution in [3.63, 3.8) is 0 Å². The van der Waals surface area contributed by atoms with Crippen LogP contribution in [0.25, 0.3) is 0 Å². The standard InChI is InChI=1S/C24H27N3O3S/c1-3-19-18-10-12-31-20(18)9-11-26(19)21(28)14-27-22(29)24(2,25-23(27)30)17-8-7-15-5-4-6-16(15)13-17/h7-8,10,12-13,19H,3-6,9,11,14H2,1-2H3,(H,25,30). The van der Waals surface area contributed by atoms with Crippen LogP contribution in [-0.4, -0.2) is 40.7 Å². The highest BCUT2D eigenvalue weighted by molar-refractivity contribution is 7.10. The Morgan fingerprint density at radius 3 is 2.81 bits per heavy atom. The van der Waals surface area contributed by atoms with Crippen molar-refractivity contribution in [1.82, 2.24) is 15.1 Å². The normalized spacial score (nSPS) is 24.9. The molecule has 2 aromatic rings. The van der Waals surface area contributed by atoms with E-state index < -0.39 is 11.6 Å². The van der Waals surface area contributed by atoms with E-state index in [1.54, 1.807) is 18.3 Å². The van der Waals surface area contributed by atoms with Gasteiger partial charge in [0, 0.05) is 11.4 Å². The van der Waals surface area contributed by atoms with E-state index in [4.69, 9.17) is 0 Å². The van der Waals surface area contributed by atoms with E-state index in [0.717, 1.165) is 42.6 Å². The lowest BCUT2D eigenvalue weighted by atomic mass is 9.89. The first-order valence-corrected chi connectivity index (χ1v) is 11.9. The Hall–Kier alpha value is -2.67. The number of nitrogens with zero attached hydrogens (tertiary/aromatic N) is 2. The summed E-state index contributed by atoms with van der Waals surface area (Å²) in [5.41, 5.74) is 3.42. The topological polar surface area (TPSA) is 69.7 Å². The summed E-state index contributed by atoms with van der Waals surface area (Å²) >= 11 is 1.73. The van der Waals surface area contributed by atoms with Crippen molar-refractivity contribution in [2.45, 2.75) is 57.5 Å². The Balaban J connectivity index is 1.36. The minimum Gasteiger partial charge on any atom is -0.334 e. The Labute approximate surface area is 186 Å². The van der Waals surface area contributed by atoms with Crippen molar-refractivity contribution in [2.75, 3.05) is 13.1 Å². The van der Waals surface area contributed by atoms with Crippen molar-refractivity contribution < 1.29 is 14.4 Å². The molecule has 2 aliphatic heterocycles. The van der Waals surface area contributed by atoms with E-state index in [-0.39, 0.29) is 24.4 Å². The molecule has 0 radical (unpaired) electrons. The summed E-state index contributed by atoms with van der Waals surface area (Å²) in [6, 6.07) is 7.64. The first kappa shape index (κ1) is 20.2. The van der Waals surface area contributed by atoms with Crippen LogP contribution in [-0.2, 0) is 34.4 Å². The van der Waals surface area contributed by atoms with Gasteiger partial charge < -0.3 is 10.2 Å². The Morgan fingerprint density at radius 2 is 2.00 bits per heavy atom. The van der Waals surface area contributed by atoms with Crippen molar-refractivity contribution in [1.29, 1.82) is 0 Å². The molecular weight excluding hydrogens is 410 g/mol. The van der Waals surface area contributed by atoms with Crippen molar-refractivity contribution in [2.24, 2.45) is 0 Å². The van der Waals surface area contributed by atoms with E-state index in [9.17, 15) is 14.4 Å². The number of amides is 4. The van der Waals surface area contributed by atoms with Crippen LogP contribution in [0.1, 0.15) is 59.9 Å². The van der Waals surface area contributed by atoms with Gasteiger partial charge in [0.05, 0.1) is 6.04 Å². The molecule has 7 heteroatoms. The SMILES string of the molecule is CCC1c2ccsc2CCN1C(=O)CN1C(=O)NC(C)(c2ccc3c(c2)CCC3)C1=O. The van der Waals surface area contributed by atoms with Gasteiger partial charge in [0.1, 0.15) is 12.1 Å². The summed E-state index contributed by atoms with van der Waals surface area (Å²) in [7, 11) is 0. The summed E-state index contributed by atoms with van der Waals surface area (Å²) < 4.78 is 0. The summed E-state index contributed by atoms with van der Waals surface area (Å²) in [6.45, 7) is 4.20. The molecule has 1 aliphatic carbocycles. The van der Waals surface area contributed by atoms with Gasteiger partial charge in [-0.25, -0.2) is 4.79 Å². The number of carbonyl (C=O) groups is 3. The molecule has 1 aromatic carbocycles.